The number of carbonyl (C=O) groups is 2. The number of ether oxygens (including phenoxy) is 2. The van der Waals surface area contributed by atoms with Gasteiger partial charge in [0.25, 0.3) is 0 Å². The van der Waals surface area contributed by atoms with Gasteiger partial charge in [0.1, 0.15) is 12.1 Å². The van der Waals surface area contributed by atoms with Crippen LogP contribution in [0.2, 0.25) is 0 Å². The zero-order chi connectivity index (χ0) is 16.4. The van der Waals surface area contributed by atoms with Gasteiger partial charge in [-0.1, -0.05) is 17.7 Å². The van der Waals surface area contributed by atoms with Gasteiger partial charge in [-0.25, -0.2) is 4.79 Å². The highest BCUT2D eigenvalue weighted by Gasteiger charge is 2.37. The first-order valence-electron chi connectivity index (χ1n) is 7.40. The van der Waals surface area contributed by atoms with Crippen LogP contribution in [0.4, 0.5) is 0 Å². The summed E-state index contributed by atoms with van der Waals surface area (Å²) in [5.41, 5.74) is 3.57. The minimum Gasteiger partial charge on any atom is -0.468 e. The van der Waals surface area contributed by atoms with Crippen LogP contribution in [0.5, 0.6) is 0 Å². The third kappa shape index (κ3) is 3.30. The van der Waals surface area contributed by atoms with Crippen molar-refractivity contribution in [3.05, 3.63) is 34.4 Å². The molecule has 1 aliphatic heterocycles. The van der Waals surface area contributed by atoms with Crippen molar-refractivity contribution in [3.8, 4) is 0 Å². The third-order valence-electron chi connectivity index (χ3n) is 4.14. The normalized spacial score (nSPS) is 21.7. The predicted molar refractivity (Wildman–Crippen MR) is 82.9 cm³/mol. The maximum atomic E-state index is 12.4. The van der Waals surface area contributed by atoms with Crippen LogP contribution in [0.15, 0.2) is 12.1 Å². The fourth-order valence-corrected chi connectivity index (χ4v) is 3.16. The van der Waals surface area contributed by atoms with Crippen LogP contribution in [-0.4, -0.2) is 49.7 Å². The molecule has 120 valence electrons. The Labute approximate surface area is 131 Å². The second-order valence-corrected chi connectivity index (χ2v) is 6.02. The van der Waals surface area contributed by atoms with Gasteiger partial charge in [-0.05, 0) is 38.9 Å². The van der Waals surface area contributed by atoms with E-state index < -0.39 is 0 Å². The second kappa shape index (κ2) is 6.48. The molecule has 1 fully saturated rings. The quantitative estimate of drug-likeness (QED) is 0.800. The minimum atomic E-state index is -0.344. The van der Waals surface area contributed by atoms with E-state index in [0.29, 0.717) is 18.5 Å². The number of hydrogen-bond acceptors (Lipinski definition) is 5. The van der Waals surface area contributed by atoms with Crippen molar-refractivity contribution in [1.82, 2.24) is 4.90 Å². The van der Waals surface area contributed by atoms with Crippen molar-refractivity contribution in [3.63, 3.8) is 0 Å². The largest absolute Gasteiger partial charge is 0.468 e. The lowest BCUT2D eigenvalue weighted by molar-refractivity contribution is -0.145. The Hall–Kier alpha value is -1.88. The summed E-state index contributed by atoms with van der Waals surface area (Å²) in [6, 6.07) is 3.60. The number of aryl methyl sites for hydroxylation is 3. The van der Waals surface area contributed by atoms with Gasteiger partial charge >= 0.3 is 11.9 Å². The van der Waals surface area contributed by atoms with Crippen LogP contribution in [0.3, 0.4) is 0 Å². The number of benzene rings is 1. The maximum Gasteiger partial charge on any atom is 0.338 e. The number of hydrogen-bond donors (Lipinski definition) is 0. The molecule has 0 aromatic heterocycles. The van der Waals surface area contributed by atoms with Crippen LogP contribution in [-0.2, 0) is 14.3 Å². The second-order valence-electron chi connectivity index (χ2n) is 6.02. The molecule has 1 aromatic rings. The third-order valence-corrected chi connectivity index (χ3v) is 4.14. The smallest absolute Gasteiger partial charge is 0.338 e. The maximum absolute atomic E-state index is 12.4. The summed E-state index contributed by atoms with van der Waals surface area (Å²) in [6.45, 7) is 6.36. The first-order chi connectivity index (χ1) is 10.3. The van der Waals surface area contributed by atoms with E-state index in [2.05, 4.69) is 0 Å². The van der Waals surface area contributed by atoms with Gasteiger partial charge in [-0.3, -0.25) is 9.69 Å². The van der Waals surface area contributed by atoms with Gasteiger partial charge in [-0.2, -0.15) is 0 Å². The van der Waals surface area contributed by atoms with Gasteiger partial charge in [0.2, 0.25) is 0 Å². The Morgan fingerprint density at radius 2 is 1.77 bits per heavy atom. The molecule has 2 rings (SSSR count). The topological polar surface area (TPSA) is 55.8 Å². The molecular weight excluding hydrogens is 282 g/mol. The Bertz CT molecular complexity index is 573. The monoisotopic (exact) mass is 305 g/mol. The lowest BCUT2D eigenvalue weighted by Crippen LogP contribution is -2.33. The molecule has 5 nitrogen and oxygen atoms in total. The van der Waals surface area contributed by atoms with Gasteiger partial charge in [-0.15, -0.1) is 0 Å². The number of methoxy groups -OCH3 is 1. The fraction of sp³-hybridized carbons (Fsp3) is 0.529. The van der Waals surface area contributed by atoms with Crippen LogP contribution < -0.4 is 0 Å². The summed E-state index contributed by atoms with van der Waals surface area (Å²) in [5, 5.41) is 0. The molecule has 0 radical (unpaired) electrons. The van der Waals surface area contributed by atoms with Crippen molar-refractivity contribution in [1.29, 1.82) is 0 Å². The zero-order valence-electron chi connectivity index (χ0n) is 13.8. The molecule has 0 spiro atoms. The van der Waals surface area contributed by atoms with E-state index in [4.69, 9.17) is 9.47 Å². The molecule has 1 aromatic carbocycles. The van der Waals surface area contributed by atoms with Gasteiger partial charge in [0.15, 0.2) is 0 Å². The van der Waals surface area contributed by atoms with E-state index in [1.54, 1.807) is 0 Å². The summed E-state index contributed by atoms with van der Waals surface area (Å²) in [4.78, 5) is 26.0. The van der Waals surface area contributed by atoms with Gasteiger partial charge in [0.05, 0.1) is 12.7 Å². The molecule has 0 unspecified atom stereocenters. The molecule has 0 bridgehead atoms. The van der Waals surface area contributed by atoms with E-state index in [1.165, 1.54) is 7.11 Å². The number of esters is 2. The standard InChI is InChI=1S/C17H23NO4/c1-10-6-11(2)15(12(3)7-10)17(20)22-13-8-14(16(19)21-5)18(4)9-13/h6-7,13-14H,8-9H2,1-5H3/t13-,14+/m1/s1. The molecule has 0 amide bonds. The molecule has 1 saturated heterocycles. The van der Waals surface area contributed by atoms with E-state index in [9.17, 15) is 9.59 Å². The SMILES string of the molecule is COC(=O)[C@@H]1C[C@@H](OC(=O)c2c(C)cc(C)cc2C)CN1C. The molecular formula is C17H23NO4. The van der Waals surface area contributed by atoms with Gasteiger partial charge < -0.3 is 9.47 Å². The highest BCUT2D eigenvalue weighted by Crippen LogP contribution is 2.23. The summed E-state index contributed by atoms with van der Waals surface area (Å²) < 4.78 is 10.4. The van der Waals surface area contributed by atoms with Crippen LogP contribution >= 0.6 is 0 Å². The molecule has 5 heteroatoms. The average Bonchev–Trinajstić information content (AvgIpc) is 2.77. The zero-order valence-corrected chi connectivity index (χ0v) is 13.8. The van der Waals surface area contributed by atoms with E-state index in [1.807, 2.05) is 44.9 Å². The summed E-state index contributed by atoms with van der Waals surface area (Å²) in [7, 11) is 3.20. The first kappa shape index (κ1) is 16.5. The molecule has 0 aliphatic carbocycles. The van der Waals surface area contributed by atoms with E-state index >= 15 is 0 Å². The fourth-order valence-electron chi connectivity index (χ4n) is 3.16. The molecule has 0 N–H and O–H groups in total. The predicted octanol–water partition coefficient (Wildman–Crippen LogP) is 2.01. The summed E-state index contributed by atoms with van der Waals surface area (Å²) in [6.07, 6.45) is 0.181. The Morgan fingerprint density at radius 3 is 2.32 bits per heavy atom. The van der Waals surface area contributed by atoms with Crippen molar-refractivity contribution in [2.24, 2.45) is 0 Å². The molecule has 1 aliphatic rings. The highest BCUT2D eigenvalue weighted by molar-refractivity contribution is 5.93. The number of likely N-dealkylation sites (N-methyl/N-ethyl adjacent to an activating group) is 1. The first-order valence-corrected chi connectivity index (χ1v) is 7.40. The number of carbonyl (C=O) groups excluding carboxylic acids is 2. The minimum absolute atomic E-state index is 0.288. The Balaban J connectivity index is 2.09. The molecule has 0 saturated carbocycles. The van der Waals surface area contributed by atoms with Crippen LogP contribution in [0.25, 0.3) is 0 Å². The lowest BCUT2D eigenvalue weighted by Gasteiger charge is -2.15. The van der Waals surface area contributed by atoms with Crippen molar-refractivity contribution < 1.29 is 19.1 Å². The van der Waals surface area contributed by atoms with Crippen molar-refractivity contribution >= 4 is 11.9 Å². The number of rotatable bonds is 3. The molecule has 1 heterocycles. The number of likely N-dealkylation sites (tertiary alicyclic amines) is 1. The average molecular weight is 305 g/mol. The summed E-state index contributed by atoms with van der Waals surface area (Å²) >= 11 is 0. The van der Waals surface area contributed by atoms with Crippen LogP contribution in [0.1, 0.15) is 33.5 Å². The highest BCUT2D eigenvalue weighted by atomic mass is 16.5. The van der Waals surface area contributed by atoms with E-state index in [0.717, 1.165) is 16.7 Å². The van der Waals surface area contributed by atoms with Crippen molar-refractivity contribution in [2.45, 2.75) is 39.3 Å². The Morgan fingerprint density at radius 1 is 1.18 bits per heavy atom. The summed E-state index contributed by atoms with van der Waals surface area (Å²) in [5.74, 6) is -0.609. The van der Waals surface area contributed by atoms with Crippen LogP contribution in [0, 0.1) is 20.8 Å². The lowest BCUT2D eigenvalue weighted by atomic mass is 10.00. The Kier molecular flexibility index (Phi) is 4.86. The van der Waals surface area contributed by atoms with Gasteiger partial charge in [0, 0.05) is 13.0 Å². The van der Waals surface area contributed by atoms with Crippen molar-refractivity contribution in [2.75, 3.05) is 20.7 Å². The molecule has 22 heavy (non-hydrogen) atoms. The van der Waals surface area contributed by atoms with E-state index in [-0.39, 0.29) is 24.1 Å². The molecule has 2 atom stereocenters. The number of nitrogens with zero attached hydrogens (tertiary/aromatic N) is 1.